The summed E-state index contributed by atoms with van der Waals surface area (Å²) in [4.78, 5) is 14.2. The van der Waals surface area contributed by atoms with Crippen molar-refractivity contribution in [2.45, 2.75) is 39.0 Å². The maximum Gasteiger partial charge on any atom is 0.313 e. The van der Waals surface area contributed by atoms with Crippen molar-refractivity contribution < 1.29 is 15.0 Å². The number of aromatic nitrogens is 2. The number of aliphatic hydroxyl groups excluding tert-OH is 1. The van der Waals surface area contributed by atoms with Gasteiger partial charge in [-0.2, -0.15) is 5.10 Å². The minimum Gasteiger partial charge on any atom is -0.481 e. The molecule has 1 aromatic heterocycles. The van der Waals surface area contributed by atoms with Gasteiger partial charge in [-0.1, -0.05) is 30.3 Å². The first-order chi connectivity index (χ1) is 12.0. The van der Waals surface area contributed by atoms with E-state index in [9.17, 15) is 15.0 Å². The van der Waals surface area contributed by atoms with Crippen molar-refractivity contribution in [1.82, 2.24) is 14.7 Å². The number of benzene rings is 1. The molecular formula is C19H25N3O3. The summed E-state index contributed by atoms with van der Waals surface area (Å²) in [5.41, 5.74) is 0.672. The Balaban J connectivity index is 1.79. The van der Waals surface area contributed by atoms with Gasteiger partial charge in [-0.25, -0.2) is 0 Å². The van der Waals surface area contributed by atoms with E-state index in [1.54, 1.807) is 0 Å². The number of aliphatic hydroxyl groups is 1. The molecule has 2 heterocycles. The van der Waals surface area contributed by atoms with E-state index in [1.807, 2.05) is 54.2 Å². The summed E-state index contributed by atoms with van der Waals surface area (Å²) in [6.07, 6.45) is 1.86. The van der Waals surface area contributed by atoms with Gasteiger partial charge in [-0.05, 0) is 31.4 Å². The minimum atomic E-state index is -1.19. The Morgan fingerprint density at radius 2 is 2.08 bits per heavy atom. The van der Waals surface area contributed by atoms with Gasteiger partial charge < -0.3 is 10.2 Å². The lowest BCUT2D eigenvalue weighted by Crippen LogP contribution is -2.56. The Bertz CT molecular complexity index is 716. The number of nitrogens with zero attached hydrogens (tertiary/aromatic N) is 3. The molecule has 6 heteroatoms. The molecule has 25 heavy (non-hydrogen) atoms. The highest BCUT2D eigenvalue weighted by atomic mass is 16.4. The molecule has 1 saturated heterocycles. The summed E-state index contributed by atoms with van der Waals surface area (Å²) < 4.78 is 1.86. The smallest absolute Gasteiger partial charge is 0.313 e. The van der Waals surface area contributed by atoms with Crippen LogP contribution in [0.2, 0.25) is 0 Å². The highest BCUT2D eigenvalue weighted by Crippen LogP contribution is 2.35. The zero-order chi connectivity index (χ0) is 17.9. The Labute approximate surface area is 147 Å². The zero-order valence-corrected chi connectivity index (χ0v) is 14.5. The van der Waals surface area contributed by atoms with Crippen molar-refractivity contribution in [1.29, 1.82) is 0 Å². The number of piperidine rings is 1. The molecule has 1 aromatic carbocycles. The fraction of sp³-hybridized carbons (Fsp3) is 0.474. The van der Waals surface area contributed by atoms with Gasteiger partial charge in [0.2, 0.25) is 0 Å². The summed E-state index contributed by atoms with van der Waals surface area (Å²) in [7, 11) is 0. The molecule has 0 bridgehead atoms. The van der Waals surface area contributed by atoms with Crippen LogP contribution in [0.25, 0.3) is 0 Å². The van der Waals surface area contributed by atoms with E-state index in [2.05, 4.69) is 10.00 Å². The molecule has 0 unspecified atom stereocenters. The van der Waals surface area contributed by atoms with Crippen LogP contribution in [0.15, 0.2) is 42.6 Å². The lowest BCUT2D eigenvalue weighted by atomic mass is 9.73. The standard InChI is InChI=1S/C19H25N3O3/c1-2-22-11-8-16(20-22)13-21-10-9-17(23)19(14-21,18(24)25)12-15-6-4-3-5-7-15/h3-8,11,17,23H,2,9-10,12-14H2,1H3,(H,24,25)/t17-,19-/m0/s1. The number of aryl methyl sites for hydroxylation is 1. The predicted octanol–water partition coefficient (Wildman–Crippen LogP) is 1.78. The third-order valence-electron chi connectivity index (χ3n) is 5.06. The Hall–Kier alpha value is -2.18. The van der Waals surface area contributed by atoms with E-state index in [-0.39, 0.29) is 0 Å². The quantitative estimate of drug-likeness (QED) is 0.836. The molecule has 6 nitrogen and oxygen atoms in total. The minimum absolute atomic E-state index is 0.317. The zero-order valence-electron chi connectivity index (χ0n) is 14.5. The van der Waals surface area contributed by atoms with Crippen LogP contribution in [0, 0.1) is 5.41 Å². The molecule has 1 fully saturated rings. The molecule has 0 radical (unpaired) electrons. The van der Waals surface area contributed by atoms with Gasteiger partial charge in [0.05, 0.1) is 11.8 Å². The molecule has 134 valence electrons. The summed E-state index contributed by atoms with van der Waals surface area (Å²) >= 11 is 0. The number of aliphatic carboxylic acids is 1. The predicted molar refractivity (Wildman–Crippen MR) is 94.0 cm³/mol. The van der Waals surface area contributed by atoms with Crippen molar-refractivity contribution in [2.24, 2.45) is 5.41 Å². The van der Waals surface area contributed by atoms with E-state index >= 15 is 0 Å². The Morgan fingerprint density at radius 3 is 2.72 bits per heavy atom. The first-order valence-electron chi connectivity index (χ1n) is 8.73. The molecule has 2 N–H and O–H groups in total. The molecule has 0 aliphatic carbocycles. The van der Waals surface area contributed by atoms with Crippen LogP contribution in [-0.2, 0) is 24.3 Å². The summed E-state index contributed by atoms with van der Waals surface area (Å²) in [6, 6.07) is 11.5. The average Bonchev–Trinajstić information content (AvgIpc) is 3.06. The maximum atomic E-state index is 12.1. The van der Waals surface area contributed by atoms with E-state index in [1.165, 1.54) is 0 Å². The van der Waals surface area contributed by atoms with E-state index in [4.69, 9.17) is 0 Å². The number of carboxylic acids is 1. The third-order valence-corrected chi connectivity index (χ3v) is 5.06. The van der Waals surface area contributed by atoms with Crippen molar-refractivity contribution in [3.8, 4) is 0 Å². The number of carbonyl (C=O) groups is 1. The van der Waals surface area contributed by atoms with Gasteiger partial charge >= 0.3 is 5.97 Å². The molecule has 2 aromatic rings. The fourth-order valence-electron chi connectivity index (χ4n) is 3.61. The second-order valence-electron chi connectivity index (χ2n) is 6.80. The summed E-state index contributed by atoms with van der Waals surface area (Å²) in [5, 5.41) is 25.0. The van der Waals surface area contributed by atoms with Gasteiger partial charge in [0.25, 0.3) is 0 Å². The van der Waals surface area contributed by atoms with Crippen LogP contribution in [0.4, 0.5) is 0 Å². The highest BCUT2D eigenvalue weighted by molar-refractivity contribution is 5.76. The third kappa shape index (κ3) is 3.75. The SMILES string of the molecule is CCn1ccc(CN2CC[C@H](O)[C@@](Cc3ccccc3)(C(=O)O)C2)n1. The average molecular weight is 343 g/mol. The fourth-order valence-corrected chi connectivity index (χ4v) is 3.61. The van der Waals surface area contributed by atoms with E-state index < -0.39 is 17.5 Å². The van der Waals surface area contributed by atoms with Crippen LogP contribution >= 0.6 is 0 Å². The lowest BCUT2D eigenvalue weighted by molar-refractivity contribution is -0.163. The van der Waals surface area contributed by atoms with Gasteiger partial charge in [-0.15, -0.1) is 0 Å². The monoisotopic (exact) mass is 343 g/mol. The summed E-state index contributed by atoms with van der Waals surface area (Å²) in [5.74, 6) is -0.937. The highest BCUT2D eigenvalue weighted by Gasteiger charge is 2.49. The number of hydrogen-bond donors (Lipinski definition) is 2. The molecule has 0 saturated carbocycles. The number of likely N-dealkylation sites (tertiary alicyclic amines) is 1. The first-order valence-corrected chi connectivity index (χ1v) is 8.73. The van der Waals surface area contributed by atoms with Crippen molar-refractivity contribution in [3.05, 3.63) is 53.9 Å². The maximum absolute atomic E-state index is 12.1. The van der Waals surface area contributed by atoms with Crippen LogP contribution in [0.1, 0.15) is 24.6 Å². The van der Waals surface area contributed by atoms with Crippen molar-refractivity contribution >= 4 is 5.97 Å². The first kappa shape index (κ1) is 17.6. The number of hydrogen-bond acceptors (Lipinski definition) is 4. The molecule has 1 aliphatic rings. The Kier molecular flexibility index (Phi) is 5.20. The normalized spacial score (nSPS) is 24.3. The summed E-state index contributed by atoms with van der Waals surface area (Å²) in [6.45, 7) is 4.43. The molecule has 0 amide bonds. The second-order valence-corrected chi connectivity index (χ2v) is 6.80. The topological polar surface area (TPSA) is 78.6 Å². The molecule has 1 aliphatic heterocycles. The lowest BCUT2D eigenvalue weighted by Gasteiger charge is -2.43. The second kappa shape index (κ2) is 7.37. The molecule has 3 rings (SSSR count). The van der Waals surface area contributed by atoms with Gasteiger partial charge in [0.1, 0.15) is 5.41 Å². The number of carboxylic acid groups (broad SMARTS) is 1. The van der Waals surface area contributed by atoms with Crippen molar-refractivity contribution in [2.75, 3.05) is 13.1 Å². The van der Waals surface area contributed by atoms with E-state index in [0.29, 0.717) is 32.5 Å². The molecular weight excluding hydrogens is 318 g/mol. The van der Waals surface area contributed by atoms with Crippen LogP contribution in [-0.4, -0.2) is 50.1 Å². The van der Waals surface area contributed by atoms with Crippen LogP contribution in [0.5, 0.6) is 0 Å². The van der Waals surface area contributed by atoms with Crippen molar-refractivity contribution in [3.63, 3.8) is 0 Å². The van der Waals surface area contributed by atoms with Crippen LogP contribution in [0.3, 0.4) is 0 Å². The largest absolute Gasteiger partial charge is 0.481 e. The number of rotatable bonds is 6. The molecule has 2 atom stereocenters. The van der Waals surface area contributed by atoms with Gasteiger partial charge in [0, 0.05) is 32.4 Å². The Morgan fingerprint density at radius 1 is 1.32 bits per heavy atom. The van der Waals surface area contributed by atoms with Crippen LogP contribution < -0.4 is 0 Å². The van der Waals surface area contributed by atoms with Gasteiger partial charge in [0.15, 0.2) is 0 Å². The molecule has 0 spiro atoms. The van der Waals surface area contributed by atoms with E-state index in [0.717, 1.165) is 17.8 Å². The van der Waals surface area contributed by atoms with Gasteiger partial charge in [-0.3, -0.25) is 14.4 Å².